The van der Waals surface area contributed by atoms with Crippen molar-refractivity contribution >= 4 is 5.84 Å². The third kappa shape index (κ3) is 8.02. The Kier molecular flexibility index (Phi) is 11.8. The van der Waals surface area contributed by atoms with Crippen molar-refractivity contribution in [2.24, 2.45) is 23.1 Å². The molecule has 0 aromatic heterocycles. The molecule has 13 atom stereocenters. The SMILES string of the molecule is C[C@@H]1C(O)[C@@H](OC2C(O)C(O[C@H]3O[C@H](CNCCF)CCC3N)[C@@H](N)C[C@H]2NC(=N)C(O)CN)OCC1(C)O. The van der Waals surface area contributed by atoms with Gasteiger partial charge in [-0.05, 0) is 26.2 Å². The smallest absolute Gasteiger partial charge is 0.184 e. The molecule has 14 nitrogen and oxygen atoms in total. The van der Waals surface area contributed by atoms with Crippen LogP contribution < -0.4 is 27.8 Å². The highest BCUT2D eigenvalue weighted by molar-refractivity contribution is 5.83. The summed E-state index contributed by atoms with van der Waals surface area (Å²) in [5.74, 6) is -0.885. The number of nitrogens with two attached hydrogens (primary N) is 3. The lowest BCUT2D eigenvalue weighted by molar-refractivity contribution is -0.313. The second-order valence-electron chi connectivity index (χ2n) is 11.1. The molecule has 2 aliphatic heterocycles. The molecule has 2 saturated heterocycles. The maximum absolute atomic E-state index is 12.5. The van der Waals surface area contributed by atoms with Crippen LogP contribution in [0.2, 0.25) is 0 Å². The highest BCUT2D eigenvalue weighted by Crippen LogP contribution is 2.34. The largest absolute Gasteiger partial charge is 0.388 e. The molecule has 0 bridgehead atoms. The Balaban J connectivity index is 1.76. The summed E-state index contributed by atoms with van der Waals surface area (Å²) < 4.78 is 36.3. The third-order valence-corrected chi connectivity index (χ3v) is 7.95. The average molecular weight is 567 g/mol. The van der Waals surface area contributed by atoms with Crippen LogP contribution in [0.4, 0.5) is 4.39 Å². The van der Waals surface area contributed by atoms with Crippen molar-refractivity contribution in [2.45, 2.75) is 106 Å². The van der Waals surface area contributed by atoms with Crippen molar-refractivity contribution in [3.05, 3.63) is 0 Å². The maximum Gasteiger partial charge on any atom is 0.184 e. The molecule has 0 radical (unpaired) electrons. The van der Waals surface area contributed by atoms with E-state index in [2.05, 4.69) is 10.6 Å². The third-order valence-electron chi connectivity index (χ3n) is 7.95. The lowest BCUT2D eigenvalue weighted by Crippen LogP contribution is -2.68. The van der Waals surface area contributed by atoms with Crippen molar-refractivity contribution < 1.29 is 43.8 Å². The molecule has 228 valence electrons. The summed E-state index contributed by atoms with van der Waals surface area (Å²) in [6.45, 7) is 3.02. The van der Waals surface area contributed by atoms with Crippen LogP contribution in [0.15, 0.2) is 0 Å². The Morgan fingerprint density at radius 2 is 1.85 bits per heavy atom. The van der Waals surface area contributed by atoms with Gasteiger partial charge in [0.1, 0.15) is 43.0 Å². The minimum Gasteiger partial charge on any atom is -0.388 e. The van der Waals surface area contributed by atoms with Gasteiger partial charge in [0.15, 0.2) is 12.6 Å². The van der Waals surface area contributed by atoms with Gasteiger partial charge in [0, 0.05) is 31.6 Å². The summed E-state index contributed by atoms with van der Waals surface area (Å²) in [5.41, 5.74) is 16.9. The fourth-order valence-corrected chi connectivity index (χ4v) is 5.15. The predicted molar refractivity (Wildman–Crippen MR) is 138 cm³/mol. The molecule has 0 amide bonds. The van der Waals surface area contributed by atoms with E-state index in [0.717, 1.165) is 0 Å². The van der Waals surface area contributed by atoms with Gasteiger partial charge in [0.2, 0.25) is 0 Å². The zero-order valence-corrected chi connectivity index (χ0v) is 22.6. The summed E-state index contributed by atoms with van der Waals surface area (Å²) in [7, 11) is 0. The van der Waals surface area contributed by atoms with Crippen LogP contribution in [0.5, 0.6) is 0 Å². The van der Waals surface area contributed by atoms with Crippen molar-refractivity contribution in [3.8, 4) is 0 Å². The Morgan fingerprint density at radius 3 is 2.51 bits per heavy atom. The zero-order chi connectivity index (χ0) is 28.9. The molecule has 0 spiro atoms. The number of amidine groups is 1. The van der Waals surface area contributed by atoms with Gasteiger partial charge in [-0.2, -0.15) is 0 Å². The van der Waals surface area contributed by atoms with Crippen molar-refractivity contribution in [3.63, 3.8) is 0 Å². The maximum atomic E-state index is 12.5. The normalized spacial score (nSPS) is 44.1. The Labute approximate surface area is 228 Å². The molecule has 39 heavy (non-hydrogen) atoms. The lowest BCUT2D eigenvalue weighted by atomic mass is 9.82. The molecule has 3 rings (SSSR count). The van der Waals surface area contributed by atoms with Crippen molar-refractivity contribution in [2.75, 3.05) is 32.9 Å². The van der Waals surface area contributed by atoms with E-state index in [9.17, 15) is 24.8 Å². The van der Waals surface area contributed by atoms with E-state index in [-0.39, 0.29) is 38.1 Å². The van der Waals surface area contributed by atoms with E-state index in [1.165, 1.54) is 0 Å². The number of ether oxygens (including phenoxy) is 4. The minimum absolute atomic E-state index is 0.111. The van der Waals surface area contributed by atoms with Gasteiger partial charge in [-0.1, -0.05) is 6.92 Å². The number of halogens is 1. The molecule has 7 unspecified atom stereocenters. The van der Waals surface area contributed by atoms with E-state index < -0.39 is 79.4 Å². The van der Waals surface area contributed by atoms with Crippen LogP contribution in [-0.4, -0.2) is 132 Å². The Morgan fingerprint density at radius 1 is 1.15 bits per heavy atom. The second-order valence-corrected chi connectivity index (χ2v) is 11.1. The van der Waals surface area contributed by atoms with Gasteiger partial charge in [-0.25, -0.2) is 4.39 Å². The number of aliphatic hydroxyl groups is 4. The van der Waals surface area contributed by atoms with Crippen molar-refractivity contribution in [1.82, 2.24) is 10.6 Å². The fraction of sp³-hybridized carbons (Fsp3) is 0.958. The van der Waals surface area contributed by atoms with E-state index >= 15 is 0 Å². The van der Waals surface area contributed by atoms with Crippen molar-refractivity contribution in [1.29, 1.82) is 5.41 Å². The molecule has 2 heterocycles. The van der Waals surface area contributed by atoms with Gasteiger partial charge < -0.3 is 67.2 Å². The molecule has 1 saturated carbocycles. The van der Waals surface area contributed by atoms with Crippen LogP contribution in [-0.2, 0) is 18.9 Å². The number of hydrogen-bond donors (Lipinski definition) is 10. The molecule has 15 heteroatoms. The summed E-state index contributed by atoms with van der Waals surface area (Å²) in [6, 6.07) is -2.02. The Hall–Kier alpha value is -1.08. The molecular weight excluding hydrogens is 519 g/mol. The highest BCUT2D eigenvalue weighted by Gasteiger charge is 2.51. The molecule has 1 aliphatic carbocycles. The summed E-state index contributed by atoms with van der Waals surface area (Å²) in [6.07, 6.45) is -6.97. The molecule has 13 N–H and O–H groups in total. The van der Waals surface area contributed by atoms with E-state index in [0.29, 0.717) is 19.4 Å². The second kappa shape index (κ2) is 14.2. The van der Waals surface area contributed by atoms with E-state index in [1.54, 1.807) is 13.8 Å². The van der Waals surface area contributed by atoms with Crippen LogP contribution >= 0.6 is 0 Å². The van der Waals surface area contributed by atoms with Gasteiger partial charge in [0.25, 0.3) is 0 Å². The first-order valence-corrected chi connectivity index (χ1v) is 13.6. The zero-order valence-electron chi connectivity index (χ0n) is 22.6. The predicted octanol–water partition coefficient (Wildman–Crippen LogP) is -3.40. The topological polar surface area (TPSA) is 244 Å². The standard InChI is InChI=1S/C24H47FN6O8/c1-11-17(33)23(36-10-24(11,2)35)39-20-15(31-21(29)16(32)8-26)7-14(28)19(18(20)34)38-22-13(27)4-3-12(37-22)9-30-6-5-25/h11-20,22-23,30,32-35H,3-10,26-28H2,1-2H3,(H2,29,31)/t11-,12+,13?,14+,15-,16?,17?,18?,19?,20?,22-,23-,24?/m1/s1. The van der Waals surface area contributed by atoms with E-state index in [4.69, 9.17) is 41.6 Å². The van der Waals surface area contributed by atoms with Gasteiger partial charge in [-0.15, -0.1) is 0 Å². The summed E-state index contributed by atoms with van der Waals surface area (Å²) >= 11 is 0. The number of rotatable bonds is 11. The highest BCUT2D eigenvalue weighted by atomic mass is 19.1. The number of hydrogen-bond acceptors (Lipinski definition) is 13. The van der Waals surface area contributed by atoms with Crippen LogP contribution in [0.1, 0.15) is 33.1 Å². The first-order chi connectivity index (χ1) is 18.4. The molecule has 0 aromatic carbocycles. The quantitative estimate of drug-likeness (QED) is 0.0667. The molecule has 0 aromatic rings. The summed E-state index contributed by atoms with van der Waals surface area (Å²) in [4.78, 5) is 0. The Bertz CT molecular complexity index is 787. The number of alkyl halides is 1. The average Bonchev–Trinajstić information content (AvgIpc) is 2.89. The number of aliphatic hydroxyl groups excluding tert-OH is 3. The van der Waals surface area contributed by atoms with E-state index in [1.807, 2.05) is 0 Å². The van der Waals surface area contributed by atoms with Crippen LogP contribution in [0, 0.1) is 11.3 Å². The minimum atomic E-state index is -1.39. The first kappa shape index (κ1) is 32.4. The fourth-order valence-electron chi connectivity index (χ4n) is 5.15. The number of nitrogens with one attached hydrogen (secondary N) is 3. The first-order valence-electron chi connectivity index (χ1n) is 13.6. The molecular formula is C24H47FN6O8. The molecule has 3 aliphatic rings. The molecule has 3 fully saturated rings. The summed E-state index contributed by atoms with van der Waals surface area (Å²) in [5, 5.41) is 56.6. The lowest BCUT2D eigenvalue weighted by Gasteiger charge is -2.49. The monoisotopic (exact) mass is 566 g/mol. The van der Waals surface area contributed by atoms with Gasteiger partial charge >= 0.3 is 0 Å². The van der Waals surface area contributed by atoms with Crippen LogP contribution in [0.3, 0.4) is 0 Å². The van der Waals surface area contributed by atoms with Crippen LogP contribution in [0.25, 0.3) is 0 Å². The van der Waals surface area contributed by atoms with Gasteiger partial charge in [-0.3, -0.25) is 5.41 Å². The van der Waals surface area contributed by atoms with Gasteiger partial charge in [0.05, 0.1) is 30.4 Å².